The fourth-order valence-corrected chi connectivity index (χ4v) is 3.15. The van der Waals surface area contributed by atoms with E-state index in [0.717, 1.165) is 31.4 Å². The Labute approximate surface area is 147 Å². The Balaban J connectivity index is 1.82. The van der Waals surface area contributed by atoms with Gasteiger partial charge >= 0.3 is 12.3 Å². The number of nitrogens with zero attached hydrogens (tertiary/aromatic N) is 2. The van der Waals surface area contributed by atoms with Crippen LogP contribution in [-0.4, -0.2) is 29.2 Å². The number of hydrogen-bond donors (Lipinski definition) is 0. The highest BCUT2D eigenvalue weighted by molar-refractivity contribution is 5.93. The van der Waals surface area contributed by atoms with E-state index in [9.17, 15) is 18.0 Å². The topological polar surface area (TPSA) is 53.3 Å². The van der Waals surface area contributed by atoms with Crippen molar-refractivity contribution in [2.45, 2.75) is 43.9 Å². The van der Waals surface area contributed by atoms with Gasteiger partial charge in [-0.25, -0.2) is 9.48 Å². The summed E-state index contributed by atoms with van der Waals surface area (Å²) in [5.74, 6) is -0.392. The molecule has 1 aromatic heterocycles. The summed E-state index contributed by atoms with van der Waals surface area (Å²) in [6.45, 7) is 0. The molecular formula is C18H17F3N2O3. The summed E-state index contributed by atoms with van der Waals surface area (Å²) in [7, 11) is 1.32. The van der Waals surface area contributed by atoms with Gasteiger partial charge in [-0.3, -0.25) is 0 Å². The first-order valence-corrected chi connectivity index (χ1v) is 8.44. The Morgan fingerprint density at radius 3 is 2.46 bits per heavy atom. The van der Waals surface area contributed by atoms with Crippen LogP contribution < -0.4 is 4.74 Å². The highest BCUT2D eigenvalue weighted by atomic mass is 19.4. The maximum absolute atomic E-state index is 12.5. The van der Waals surface area contributed by atoms with E-state index in [0.29, 0.717) is 16.9 Å². The van der Waals surface area contributed by atoms with Crippen molar-refractivity contribution in [2.24, 2.45) is 0 Å². The van der Waals surface area contributed by atoms with Crippen molar-refractivity contribution in [3.05, 3.63) is 41.2 Å². The van der Waals surface area contributed by atoms with Gasteiger partial charge in [-0.15, -0.1) is 13.2 Å². The minimum atomic E-state index is -4.77. The highest BCUT2D eigenvalue weighted by Crippen LogP contribution is 2.48. The Morgan fingerprint density at radius 2 is 1.88 bits per heavy atom. The van der Waals surface area contributed by atoms with Crippen LogP contribution in [0.4, 0.5) is 13.2 Å². The molecule has 2 saturated carbocycles. The van der Waals surface area contributed by atoms with Crippen molar-refractivity contribution in [3.63, 3.8) is 0 Å². The van der Waals surface area contributed by atoms with Crippen LogP contribution in [0.1, 0.15) is 59.3 Å². The fraction of sp³-hybridized carbons (Fsp3) is 0.444. The molecule has 0 N–H and O–H groups in total. The molecule has 0 saturated heterocycles. The molecular weight excluding hydrogens is 349 g/mol. The average molecular weight is 366 g/mol. The lowest BCUT2D eigenvalue weighted by Gasteiger charge is -2.12. The Bertz CT molecular complexity index is 852. The molecule has 0 radical (unpaired) electrons. The maximum Gasteiger partial charge on any atom is 0.573 e. The third-order valence-corrected chi connectivity index (χ3v) is 4.56. The molecule has 0 unspecified atom stereocenters. The molecule has 2 fully saturated rings. The maximum atomic E-state index is 12.5. The number of carbonyl (C=O) groups excluding carboxylic acids is 1. The second-order valence-electron chi connectivity index (χ2n) is 6.64. The minimum absolute atomic E-state index is 0.163. The number of rotatable bonds is 5. The number of aromatic nitrogens is 2. The average Bonchev–Trinajstić information content (AvgIpc) is 3.50. The molecule has 138 valence electrons. The lowest BCUT2D eigenvalue weighted by molar-refractivity contribution is -0.274. The smallest absolute Gasteiger partial charge is 0.465 e. The van der Waals surface area contributed by atoms with Crippen LogP contribution in [0, 0.1) is 0 Å². The molecule has 5 nitrogen and oxygen atoms in total. The van der Waals surface area contributed by atoms with Gasteiger partial charge < -0.3 is 9.47 Å². The fourth-order valence-electron chi connectivity index (χ4n) is 3.15. The molecule has 0 aliphatic heterocycles. The number of halogens is 3. The van der Waals surface area contributed by atoms with Crippen LogP contribution in [0.25, 0.3) is 5.69 Å². The summed E-state index contributed by atoms with van der Waals surface area (Å²) in [5.41, 5.74) is 2.31. The zero-order chi connectivity index (χ0) is 18.5. The molecule has 0 spiro atoms. The minimum Gasteiger partial charge on any atom is -0.465 e. The van der Waals surface area contributed by atoms with Crippen LogP contribution in [0.3, 0.4) is 0 Å². The second-order valence-corrected chi connectivity index (χ2v) is 6.64. The molecule has 2 aliphatic rings. The number of benzene rings is 1. The van der Waals surface area contributed by atoms with E-state index in [4.69, 9.17) is 4.74 Å². The lowest BCUT2D eigenvalue weighted by Crippen LogP contribution is -2.17. The van der Waals surface area contributed by atoms with E-state index in [1.807, 2.05) is 0 Å². The predicted molar refractivity (Wildman–Crippen MR) is 85.5 cm³/mol. The quantitative estimate of drug-likeness (QED) is 0.740. The van der Waals surface area contributed by atoms with Gasteiger partial charge in [0.2, 0.25) is 0 Å². The SMILES string of the molecule is COC(=O)c1c(C2CC2)nn(-c2cccc(OC(F)(F)F)c2)c1C1CC1. The monoisotopic (exact) mass is 366 g/mol. The summed E-state index contributed by atoms with van der Waals surface area (Å²) in [6.07, 6.45) is -1.04. The van der Waals surface area contributed by atoms with Gasteiger partial charge in [0, 0.05) is 17.9 Å². The van der Waals surface area contributed by atoms with Crippen LogP contribution >= 0.6 is 0 Å². The second kappa shape index (κ2) is 6.03. The van der Waals surface area contributed by atoms with Gasteiger partial charge in [0.05, 0.1) is 24.2 Å². The normalized spacial score (nSPS) is 17.2. The number of methoxy groups -OCH3 is 1. The summed E-state index contributed by atoms with van der Waals surface area (Å²) < 4.78 is 48.1. The number of hydrogen-bond acceptors (Lipinski definition) is 4. The van der Waals surface area contributed by atoms with Crippen molar-refractivity contribution in [1.82, 2.24) is 9.78 Å². The molecule has 0 atom stereocenters. The van der Waals surface area contributed by atoms with Crippen LogP contribution in [0.5, 0.6) is 5.75 Å². The Kier molecular flexibility index (Phi) is 3.93. The summed E-state index contributed by atoms with van der Waals surface area (Å²) in [6, 6.07) is 5.65. The summed E-state index contributed by atoms with van der Waals surface area (Å²) in [5, 5.41) is 4.59. The lowest BCUT2D eigenvalue weighted by atomic mass is 10.1. The highest BCUT2D eigenvalue weighted by Gasteiger charge is 2.40. The van der Waals surface area contributed by atoms with E-state index in [1.54, 1.807) is 10.7 Å². The summed E-state index contributed by atoms with van der Waals surface area (Å²) in [4.78, 5) is 12.4. The van der Waals surface area contributed by atoms with Crippen LogP contribution in [-0.2, 0) is 4.74 Å². The third-order valence-electron chi connectivity index (χ3n) is 4.56. The van der Waals surface area contributed by atoms with E-state index in [2.05, 4.69) is 9.84 Å². The molecule has 1 heterocycles. The Hall–Kier alpha value is -2.51. The first-order chi connectivity index (χ1) is 12.4. The zero-order valence-corrected chi connectivity index (χ0v) is 14.0. The number of carbonyl (C=O) groups is 1. The molecule has 8 heteroatoms. The van der Waals surface area contributed by atoms with Crippen LogP contribution in [0.15, 0.2) is 24.3 Å². The first-order valence-electron chi connectivity index (χ1n) is 8.44. The van der Waals surface area contributed by atoms with Crippen LogP contribution in [0.2, 0.25) is 0 Å². The first kappa shape index (κ1) is 16.9. The van der Waals surface area contributed by atoms with Crippen molar-refractivity contribution in [3.8, 4) is 11.4 Å². The molecule has 0 amide bonds. The predicted octanol–water partition coefficient (Wildman–Crippen LogP) is 4.31. The van der Waals surface area contributed by atoms with Crippen molar-refractivity contribution in [1.29, 1.82) is 0 Å². The molecule has 26 heavy (non-hydrogen) atoms. The van der Waals surface area contributed by atoms with Gasteiger partial charge in [0.15, 0.2) is 0 Å². The Morgan fingerprint density at radius 1 is 1.19 bits per heavy atom. The number of esters is 1. The molecule has 2 aliphatic carbocycles. The molecule has 2 aromatic rings. The van der Waals surface area contributed by atoms with Crippen molar-refractivity contribution in [2.75, 3.05) is 7.11 Å². The van der Waals surface area contributed by atoms with E-state index >= 15 is 0 Å². The van der Waals surface area contributed by atoms with Gasteiger partial charge in [-0.1, -0.05) is 6.07 Å². The standard InChI is InChI=1S/C18H17F3N2O3/c1-25-17(24)14-15(10-5-6-10)22-23(16(14)11-7-8-11)12-3-2-4-13(9-12)26-18(19,20)21/h2-4,9-11H,5-8H2,1H3. The van der Waals surface area contributed by atoms with Gasteiger partial charge in [-0.2, -0.15) is 5.10 Å². The van der Waals surface area contributed by atoms with Crippen molar-refractivity contribution < 1.29 is 27.4 Å². The van der Waals surface area contributed by atoms with Gasteiger partial charge in [0.1, 0.15) is 11.3 Å². The third kappa shape index (κ3) is 3.27. The van der Waals surface area contributed by atoms with Crippen molar-refractivity contribution >= 4 is 5.97 Å². The van der Waals surface area contributed by atoms with E-state index < -0.39 is 12.3 Å². The largest absolute Gasteiger partial charge is 0.573 e. The number of ether oxygens (including phenoxy) is 2. The number of alkyl halides is 3. The van der Waals surface area contributed by atoms with E-state index in [1.165, 1.54) is 25.3 Å². The summed E-state index contributed by atoms with van der Waals surface area (Å²) >= 11 is 0. The molecule has 4 rings (SSSR count). The molecule has 0 bridgehead atoms. The molecule has 1 aromatic carbocycles. The zero-order valence-electron chi connectivity index (χ0n) is 14.0. The van der Waals surface area contributed by atoms with Gasteiger partial charge in [-0.05, 0) is 37.8 Å². The van der Waals surface area contributed by atoms with Gasteiger partial charge in [0.25, 0.3) is 0 Å². The van der Waals surface area contributed by atoms with E-state index in [-0.39, 0.29) is 17.6 Å².